The maximum absolute atomic E-state index is 12.4. The van der Waals surface area contributed by atoms with Crippen LogP contribution in [0.15, 0.2) is 29.2 Å². The van der Waals surface area contributed by atoms with Crippen molar-refractivity contribution in [2.45, 2.75) is 38.6 Å². The third-order valence-corrected chi connectivity index (χ3v) is 5.26. The molecular formula is C13H22N2O2S. The number of nitrogens with zero attached hydrogens (tertiary/aromatic N) is 1. The first-order valence-electron chi connectivity index (χ1n) is 5.90. The molecule has 0 saturated carbocycles. The summed E-state index contributed by atoms with van der Waals surface area (Å²) in [5.74, 6) is 0. The first kappa shape index (κ1) is 15.0. The summed E-state index contributed by atoms with van der Waals surface area (Å²) >= 11 is 0. The van der Waals surface area contributed by atoms with E-state index in [0.717, 1.165) is 0 Å². The van der Waals surface area contributed by atoms with Gasteiger partial charge in [-0.05, 0) is 30.5 Å². The standard InChI is InChI=1S/C13H22N2O2S/c1-10(13(2,3)4)15(5)18(16,17)12-8-6-7-11(14)9-12/h6-10H,14H2,1-5H3. The van der Waals surface area contributed by atoms with E-state index >= 15 is 0 Å². The highest BCUT2D eigenvalue weighted by atomic mass is 32.2. The molecule has 1 aromatic carbocycles. The zero-order chi connectivity index (χ0) is 14.1. The average molecular weight is 270 g/mol. The fourth-order valence-electron chi connectivity index (χ4n) is 1.59. The Morgan fingerprint density at radius 3 is 2.28 bits per heavy atom. The molecule has 0 amide bonds. The summed E-state index contributed by atoms with van der Waals surface area (Å²) < 4.78 is 26.3. The van der Waals surface area contributed by atoms with Crippen molar-refractivity contribution < 1.29 is 8.42 Å². The summed E-state index contributed by atoms with van der Waals surface area (Å²) in [5.41, 5.74) is 5.96. The molecule has 0 aliphatic carbocycles. The molecule has 1 atom stereocenters. The minimum absolute atomic E-state index is 0.107. The summed E-state index contributed by atoms with van der Waals surface area (Å²) in [6.45, 7) is 7.96. The number of hydrogen-bond donors (Lipinski definition) is 1. The van der Waals surface area contributed by atoms with Gasteiger partial charge < -0.3 is 5.73 Å². The van der Waals surface area contributed by atoms with Crippen molar-refractivity contribution in [2.75, 3.05) is 12.8 Å². The van der Waals surface area contributed by atoms with E-state index in [4.69, 9.17) is 5.73 Å². The molecule has 102 valence electrons. The monoisotopic (exact) mass is 270 g/mol. The van der Waals surface area contributed by atoms with Gasteiger partial charge in [0, 0.05) is 18.8 Å². The number of benzene rings is 1. The third kappa shape index (κ3) is 3.03. The Morgan fingerprint density at radius 2 is 1.83 bits per heavy atom. The van der Waals surface area contributed by atoms with Crippen molar-refractivity contribution in [3.63, 3.8) is 0 Å². The lowest BCUT2D eigenvalue weighted by Gasteiger charge is -2.34. The molecule has 1 rings (SSSR count). The number of rotatable bonds is 3. The van der Waals surface area contributed by atoms with E-state index in [1.807, 2.05) is 27.7 Å². The van der Waals surface area contributed by atoms with Gasteiger partial charge in [-0.15, -0.1) is 0 Å². The molecule has 0 heterocycles. The van der Waals surface area contributed by atoms with Crippen molar-refractivity contribution >= 4 is 15.7 Å². The molecule has 0 aromatic heterocycles. The second-order valence-electron chi connectivity index (χ2n) is 5.64. The number of nitrogen functional groups attached to an aromatic ring is 1. The van der Waals surface area contributed by atoms with Gasteiger partial charge in [0.15, 0.2) is 0 Å². The van der Waals surface area contributed by atoms with Gasteiger partial charge in [-0.2, -0.15) is 4.31 Å². The Morgan fingerprint density at radius 1 is 1.28 bits per heavy atom. The fourth-order valence-corrected chi connectivity index (χ4v) is 3.20. The highest BCUT2D eigenvalue weighted by Crippen LogP contribution is 2.27. The van der Waals surface area contributed by atoms with Crippen LogP contribution in [-0.4, -0.2) is 25.8 Å². The van der Waals surface area contributed by atoms with E-state index < -0.39 is 10.0 Å². The summed E-state index contributed by atoms with van der Waals surface area (Å²) in [5, 5.41) is 0. The Labute approximate surface area is 110 Å². The summed E-state index contributed by atoms with van der Waals surface area (Å²) in [4.78, 5) is 0.237. The summed E-state index contributed by atoms with van der Waals surface area (Å²) in [6.07, 6.45) is 0. The first-order valence-corrected chi connectivity index (χ1v) is 7.34. The quantitative estimate of drug-likeness (QED) is 0.857. The van der Waals surface area contributed by atoms with Crippen LogP contribution in [0.2, 0.25) is 0 Å². The fraction of sp³-hybridized carbons (Fsp3) is 0.538. The van der Waals surface area contributed by atoms with Crippen LogP contribution < -0.4 is 5.73 Å². The normalized spacial score (nSPS) is 14.8. The third-order valence-electron chi connectivity index (χ3n) is 3.33. The predicted octanol–water partition coefficient (Wildman–Crippen LogP) is 2.32. The molecule has 0 aliphatic heterocycles. The lowest BCUT2D eigenvalue weighted by Crippen LogP contribution is -2.42. The largest absolute Gasteiger partial charge is 0.399 e. The second kappa shape index (κ2) is 4.90. The van der Waals surface area contributed by atoms with Gasteiger partial charge in [-0.25, -0.2) is 8.42 Å². The van der Waals surface area contributed by atoms with Crippen molar-refractivity contribution in [1.29, 1.82) is 0 Å². The number of sulfonamides is 1. The van der Waals surface area contributed by atoms with Crippen LogP contribution in [0.25, 0.3) is 0 Å². The highest BCUT2D eigenvalue weighted by molar-refractivity contribution is 7.89. The van der Waals surface area contributed by atoms with E-state index in [2.05, 4.69) is 0 Å². The van der Waals surface area contributed by atoms with Gasteiger partial charge in [-0.1, -0.05) is 26.8 Å². The van der Waals surface area contributed by atoms with Gasteiger partial charge in [0.2, 0.25) is 10.0 Å². The van der Waals surface area contributed by atoms with Crippen LogP contribution in [-0.2, 0) is 10.0 Å². The van der Waals surface area contributed by atoms with Gasteiger partial charge in [0.05, 0.1) is 4.90 Å². The molecule has 0 radical (unpaired) electrons. The predicted molar refractivity (Wildman–Crippen MR) is 74.7 cm³/mol. The van der Waals surface area contributed by atoms with Crippen LogP contribution in [0.1, 0.15) is 27.7 Å². The molecule has 0 bridgehead atoms. The molecule has 4 nitrogen and oxygen atoms in total. The van der Waals surface area contributed by atoms with Crippen LogP contribution >= 0.6 is 0 Å². The number of anilines is 1. The summed E-state index contributed by atoms with van der Waals surface area (Å²) in [6, 6.07) is 6.27. The van der Waals surface area contributed by atoms with E-state index in [-0.39, 0.29) is 16.4 Å². The van der Waals surface area contributed by atoms with Crippen LogP contribution in [0.3, 0.4) is 0 Å². The van der Waals surface area contributed by atoms with Crippen molar-refractivity contribution in [3.05, 3.63) is 24.3 Å². The minimum atomic E-state index is -3.49. The average Bonchev–Trinajstić information content (AvgIpc) is 2.25. The van der Waals surface area contributed by atoms with E-state index in [1.165, 1.54) is 10.4 Å². The maximum atomic E-state index is 12.4. The van der Waals surface area contributed by atoms with Gasteiger partial charge in [0.25, 0.3) is 0 Å². The Hall–Kier alpha value is -1.07. The molecule has 2 N–H and O–H groups in total. The zero-order valence-electron chi connectivity index (χ0n) is 11.6. The first-order chi connectivity index (χ1) is 8.06. The van der Waals surface area contributed by atoms with Crippen molar-refractivity contribution in [2.24, 2.45) is 5.41 Å². The second-order valence-corrected chi connectivity index (χ2v) is 7.63. The zero-order valence-corrected chi connectivity index (χ0v) is 12.5. The molecule has 0 aliphatic rings. The number of nitrogens with two attached hydrogens (primary N) is 1. The molecule has 5 heteroatoms. The molecular weight excluding hydrogens is 248 g/mol. The smallest absolute Gasteiger partial charge is 0.243 e. The van der Waals surface area contributed by atoms with Gasteiger partial charge in [-0.3, -0.25) is 0 Å². The molecule has 0 spiro atoms. The van der Waals surface area contributed by atoms with Gasteiger partial charge >= 0.3 is 0 Å². The molecule has 0 saturated heterocycles. The van der Waals surface area contributed by atoms with Crippen LogP contribution in [0.4, 0.5) is 5.69 Å². The van der Waals surface area contributed by atoms with E-state index in [9.17, 15) is 8.42 Å². The number of hydrogen-bond acceptors (Lipinski definition) is 3. The van der Waals surface area contributed by atoms with Crippen molar-refractivity contribution in [3.8, 4) is 0 Å². The minimum Gasteiger partial charge on any atom is -0.399 e. The van der Waals surface area contributed by atoms with Crippen LogP contribution in [0, 0.1) is 5.41 Å². The molecule has 1 aromatic rings. The summed E-state index contributed by atoms with van der Waals surface area (Å²) in [7, 11) is -1.88. The molecule has 18 heavy (non-hydrogen) atoms. The lowest BCUT2D eigenvalue weighted by atomic mass is 9.88. The maximum Gasteiger partial charge on any atom is 0.243 e. The Bertz CT molecular complexity index is 518. The van der Waals surface area contributed by atoms with Gasteiger partial charge in [0.1, 0.15) is 0 Å². The van der Waals surface area contributed by atoms with Crippen molar-refractivity contribution in [1.82, 2.24) is 4.31 Å². The van der Waals surface area contributed by atoms with Crippen LogP contribution in [0.5, 0.6) is 0 Å². The lowest BCUT2D eigenvalue weighted by molar-refractivity contribution is 0.216. The Balaban J connectivity index is 3.15. The SMILES string of the molecule is CC(N(C)S(=O)(=O)c1cccc(N)c1)C(C)(C)C. The molecule has 1 unspecified atom stereocenters. The van der Waals surface area contributed by atoms with E-state index in [0.29, 0.717) is 5.69 Å². The van der Waals surface area contributed by atoms with E-state index in [1.54, 1.807) is 25.2 Å². The Kier molecular flexibility index (Phi) is 4.08. The molecule has 0 fully saturated rings. The highest BCUT2D eigenvalue weighted by Gasteiger charge is 2.32. The topological polar surface area (TPSA) is 63.4 Å².